The van der Waals surface area contributed by atoms with Crippen LogP contribution in [-0.2, 0) is 34.4 Å². The highest BCUT2D eigenvalue weighted by molar-refractivity contribution is 8.27. The molecule has 0 fully saturated rings. The second-order valence-corrected chi connectivity index (χ2v) is 22.5. The molecule has 5 heteroatoms. The van der Waals surface area contributed by atoms with Crippen molar-refractivity contribution in [3.8, 4) is 0 Å². The molecule has 0 aliphatic carbocycles. The summed E-state index contributed by atoms with van der Waals surface area (Å²) < 4.78 is 0. The second-order valence-electron chi connectivity index (χ2n) is 13.8. The van der Waals surface area contributed by atoms with E-state index in [2.05, 4.69) is 162 Å². The first-order valence-corrected chi connectivity index (χ1v) is 20.5. The molecule has 0 saturated carbocycles. The van der Waals surface area contributed by atoms with E-state index >= 15 is 0 Å². The van der Waals surface area contributed by atoms with E-state index in [0.29, 0.717) is 0 Å². The van der Waals surface area contributed by atoms with Gasteiger partial charge in [-0.2, -0.15) is 0 Å². The third kappa shape index (κ3) is 4.23. The summed E-state index contributed by atoms with van der Waals surface area (Å²) in [6, 6.07) is 37.8. The molecule has 0 spiro atoms. The minimum Gasteiger partial charge on any atom is -0.308 e. The first-order valence-electron chi connectivity index (χ1n) is 14.9. The van der Waals surface area contributed by atoms with Gasteiger partial charge >= 0.3 is 0 Å². The maximum Gasteiger partial charge on any atom is 0.0643 e. The molecule has 0 saturated heterocycles. The molecule has 5 aromatic carbocycles. The molecule has 0 N–H and O–H groups in total. The SMILES string of the molecule is CC(C)(C)c1ccc2c(c1)N1c3cc(C(C)(C)C)ccc3P(=S)(c3ccccc3)c3cccc(c31)P2(=S)c1ccccc1. The molecule has 2 aliphatic rings. The largest absolute Gasteiger partial charge is 0.308 e. The lowest BCUT2D eigenvalue weighted by atomic mass is 9.86. The van der Waals surface area contributed by atoms with Gasteiger partial charge in [-0.3, -0.25) is 0 Å². The van der Waals surface area contributed by atoms with Gasteiger partial charge in [0.25, 0.3) is 0 Å². The lowest BCUT2D eigenvalue weighted by Gasteiger charge is -2.47. The maximum atomic E-state index is 6.99. The van der Waals surface area contributed by atoms with Crippen molar-refractivity contribution in [2.45, 2.75) is 52.4 Å². The number of rotatable bonds is 2. The van der Waals surface area contributed by atoms with Gasteiger partial charge in [-0.25, -0.2) is 0 Å². The number of anilines is 3. The maximum absolute atomic E-state index is 6.99. The topological polar surface area (TPSA) is 3.24 Å². The number of benzene rings is 5. The van der Waals surface area contributed by atoms with Gasteiger partial charge in [0.1, 0.15) is 0 Å². The fraction of sp³-hybridized carbons (Fsp3) is 0.211. The standard InChI is InChI=1S/C38H37NP2S2/c1-37(2,3)26-20-22-32-30(24-26)39-31-25-27(38(4,5)6)21-23-33(31)41(43,29-16-11-8-12-17-29)35-19-13-18-34(36(35)39)40(32,42)28-14-9-7-10-15-28/h7-25H,1-6H3. The van der Waals surface area contributed by atoms with Gasteiger partial charge in [-0.1, -0.05) is 168 Å². The minimum absolute atomic E-state index is 0.00514. The average Bonchev–Trinajstić information content (AvgIpc) is 3.00. The van der Waals surface area contributed by atoms with Crippen molar-refractivity contribution in [2.24, 2.45) is 0 Å². The van der Waals surface area contributed by atoms with Crippen LogP contribution in [-0.4, -0.2) is 0 Å². The summed E-state index contributed by atoms with van der Waals surface area (Å²) in [4.78, 5) is 2.54. The summed E-state index contributed by atoms with van der Waals surface area (Å²) in [6.45, 7) is 13.8. The van der Waals surface area contributed by atoms with Crippen LogP contribution < -0.4 is 36.7 Å². The van der Waals surface area contributed by atoms with Crippen molar-refractivity contribution in [1.82, 2.24) is 0 Å². The monoisotopic (exact) mass is 633 g/mol. The number of hydrogen-bond donors (Lipinski definition) is 0. The van der Waals surface area contributed by atoms with Crippen molar-refractivity contribution in [3.05, 3.63) is 126 Å². The molecule has 1 nitrogen and oxygen atoms in total. The quantitative estimate of drug-likeness (QED) is 0.178. The van der Waals surface area contributed by atoms with E-state index in [9.17, 15) is 0 Å². The fourth-order valence-electron chi connectivity index (χ4n) is 6.59. The summed E-state index contributed by atoms with van der Waals surface area (Å²) in [5, 5.41) is 7.47. The van der Waals surface area contributed by atoms with Crippen molar-refractivity contribution < 1.29 is 0 Å². The summed E-state index contributed by atoms with van der Waals surface area (Å²) in [5.41, 5.74) is 6.25. The van der Waals surface area contributed by atoms with Crippen LogP contribution >= 0.6 is 12.1 Å². The predicted molar refractivity (Wildman–Crippen MR) is 198 cm³/mol. The molecule has 0 amide bonds. The van der Waals surface area contributed by atoms with Gasteiger partial charge in [-0.15, -0.1) is 0 Å². The highest BCUT2D eigenvalue weighted by Gasteiger charge is 2.46. The molecular formula is C38H37NP2S2. The predicted octanol–water partition coefficient (Wildman–Crippen LogP) is 7.89. The highest BCUT2D eigenvalue weighted by atomic mass is 32.4. The van der Waals surface area contributed by atoms with Crippen LogP contribution in [0.5, 0.6) is 0 Å². The molecule has 0 aromatic heterocycles. The summed E-state index contributed by atoms with van der Waals surface area (Å²) in [6.07, 6.45) is 0. The van der Waals surface area contributed by atoms with Crippen LogP contribution in [0.15, 0.2) is 115 Å². The van der Waals surface area contributed by atoms with Crippen LogP contribution in [0.25, 0.3) is 0 Å². The van der Waals surface area contributed by atoms with E-state index in [1.807, 2.05) is 0 Å². The number of nitrogens with zero attached hydrogens (tertiary/aromatic N) is 1. The van der Waals surface area contributed by atoms with Gasteiger partial charge in [0.05, 0.1) is 17.1 Å². The van der Waals surface area contributed by atoms with Crippen molar-refractivity contribution >= 4 is 84.6 Å². The van der Waals surface area contributed by atoms with E-state index in [1.165, 1.54) is 60.0 Å². The Balaban J connectivity index is 1.68. The van der Waals surface area contributed by atoms with Gasteiger partial charge < -0.3 is 4.90 Å². The van der Waals surface area contributed by atoms with Crippen molar-refractivity contribution in [1.29, 1.82) is 0 Å². The zero-order valence-electron chi connectivity index (χ0n) is 25.6. The molecule has 43 heavy (non-hydrogen) atoms. The zero-order valence-corrected chi connectivity index (χ0v) is 29.0. The van der Waals surface area contributed by atoms with E-state index in [0.717, 1.165) is 0 Å². The van der Waals surface area contributed by atoms with E-state index in [1.54, 1.807) is 0 Å². The van der Waals surface area contributed by atoms with Gasteiger partial charge in [-0.05, 0) is 44.7 Å². The molecule has 2 atom stereocenters. The van der Waals surface area contributed by atoms with Crippen LogP contribution in [0, 0.1) is 0 Å². The van der Waals surface area contributed by atoms with Crippen LogP contribution in [0.3, 0.4) is 0 Å². The molecule has 5 aromatic rings. The van der Waals surface area contributed by atoms with Crippen LogP contribution in [0.1, 0.15) is 52.7 Å². The van der Waals surface area contributed by atoms with Crippen LogP contribution in [0.4, 0.5) is 17.1 Å². The second kappa shape index (κ2) is 9.85. The van der Waals surface area contributed by atoms with E-state index < -0.39 is 12.1 Å². The van der Waals surface area contributed by atoms with Gasteiger partial charge in [0.15, 0.2) is 0 Å². The molecule has 2 heterocycles. The summed E-state index contributed by atoms with van der Waals surface area (Å²) in [7, 11) is 0. The van der Waals surface area contributed by atoms with Crippen LogP contribution in [0.2, 0.25) is 0 Å². The van der Waals surface area contributed by atoms with E-state index in [4.69, 9.17) is 23.6 Å². The molecule has 0 bridgehead atoms. The minimum atomic E-state index is -2.40. The average molecular weight is 634 g/mol. The summed E-state index contributed by atoms with van der Waals surface area (Å²) in [5.74, 6) is 0. The van der Waals surface area contributed by atoms with E-state index in [-0.39, 0.29) is 10.8 Å². The Morgan fingerprint density at radius 2 is 0.860 bits per heavy atom. The molecule has 0 radical (unpaired) electrons. The van der Waals surface area contributed by atoms with Crippen molar-refractivity contribution in [2.75, 3.05) is 4.90 Å². The third-order valence-electron chi connectivity index (χ3n) is 8.98. The highest BCUT2D eigenvalue weighted by Crippen LogP contribution is 2.61. The lowest BCUT2D eigenvalue weighted by Crippen LogP contribution is -2.46. The Hall–Kier alpha value is -2.80. The fourth-order valence-corrected chi connectivity index (χ4v) is 15.2. The first-order chi connectivity index (χ1) is 20.4. The summed E-state index contributed by atoms with van der Waals surface area (Å²) >= 11 is 14.0. The molecule has 216 valence electrons. The Labute approximate surface area is 267 Å². The lowest BCUT2D eigenvalue weighted by molar-refractivity contribution is 0.590. The molecule has 2 aliphatic heterocycles. The normalized spacial score (nSPS) is 20.7. The zero-order chi connectivity index (χ0) is 30.4. The Morgan fingerprint density at radius 1 is 0.465 bits per heavy atom. The Kier molecular flexibility index (Phi) is 6.63. The van der Waals surface area contributed by atoms with Gasteiger partial charge in [0.2, 0.25) is 0 Å². The number of para-hydroxylation sites is 1. The third-order valence-corrected chi connectivity index (χ3v) is 18.8. The molecule has 7 rings (SSSR count). The van der Waals surface area contributed by atoms with Gasteiger partial charge in [0, 0.05) is 33.3 Å². The first kappa shape index (κ1) is 28.9. The molecular weight excluding hydrogens is 597 g/mol. The Bertz CT molecular complexity index is 1860. The Morgan fingerprint density at radius 3 is 1.23 bits per heavy atom. The number of hydrogen-bond acceptors (Lipinski definition) is 3. The van der Waals surface area contributed by atoms with Crippen molar-refractivity contribution in [3.63, 3.8) is 0 Å². The molecule has 2 unspecified atom stereocenters. The number of fused-ring (bicyclic) bond motifs is 4. The smallest absolute Gasteiger partial charge is 0.0643 e.